The maximum absolute atomic E-state index is 8.86. The van der Waals surface area contributed by atoms with Crippen LogP contribution in [0.5, 0.6) is 5.75 Å². The molecule has 1 saturated heterocycles. The molecule has 3 heteroatoms. The number of nitrogens with one attached hydrogen (secondary N) is 1. The van der Waals surface area contributed by atoms with Crippen LogP contribution in [0.2, 0.25) is 0 Å². The Balaban J connectivity index is 2.02. The second-order valence-corrected chi connectivity index (χ2v) is 4.64. The second-order valence-electron chi connectivity index (χ2n) is 4.64. The summed E-state index contributed by atoms with van der Waals surface area (Å²) in [7, 11) is 0. The number of nitrogens with zero attached hydrogens (tertiary/aromatic N) is 1. The summed E-state index contributed by atoms with van der Waals surface area (Å²) in [5, 5.41) is 12.2. The van der Waals surface area contributed by atoms with Gasteiger partial charge >= 0.3 is 0 Å². The number of fused-ring (bicyclic) bond motifs is 2. The molecule has 0 bridgehead atoms. The van der Waals surface area contributed by atoms with Crippen LogP contribution in [0.4, 0.5) is 0 Å². The van der Waals surface area contributed by atoms with Crippen molar-refractivity contribution in [2.75, 3.05) is 19.7 Å². The molecule has 0 radical (unpaired) electrons. The van der Waals surface area contributed by atoms with Crippen molar-refractivity contribution >= 4 is 0 Å². The molecule has 3 nitrogen and oxygen atoms in total. The predicted octanol–water partition coefficient (Wildman–Crippen LogP) is 1.57. The van der Waals surface area contributed by atoms with Gasteiger partial charge in [0.05, 0.1) is 18.2 Å². The average molecular weight is 214 g/mol. The molecule has 0 amide bonds. The van der Waals surface area contributed by atoms with Crippen LogP contribution in [-0.2, 0) is 5.41 Å². The van der Waals surface area contributed by atoms with Gasteiger partial charge in [-0.2, -0.15) is 5.26 Å². The molecule has 1 aromatic rings. The molecule has 2 aliphatic rings. The first-order chi connectivity index (χ1) is 7.84. The molecule has 0 atom stereocenters. The van der Waals surface area contributed by atoms with Gasteiger partial charge in [-0.05, 0) is 38.1 Å². The maximum atomic E-state index is 8.86. The van der Waals surface area contributed by atoms with Crippen molar-refractivity contribution in [1.29, 1.82) is 5.26 Å². The smallest absolute Gasteiger partial charge is 0.124 e. The summed E-state index contributed by atoms with van der Waals surface area (Å²) in [6, 6.07) is 8.00. The van der Waals surface area contributed by atoms with Gasteiger partial charge in [0.15, 0.2) is 0 Å². The molecular formula is C13H14N2O. The van der Waals surface area contributed by atoms with Crippen molar-refractivity contribution in [3.63, 3.8) is 0 Å². The van der Waals surface area contributed by atoms with Gasteiger partial charge in [-0.15, -0.1) is 0 Å². The topological polar surface area (TPSA) is 45.0 Å². The first kappa shape index (κ1) is 9.68. The van der Waals surface area contributed by atoms with Crippen LogP contribution in [0.25, 0.3) is 0 Å². The summed E-state index contributed by atoms with van der Waals surface area (Å²) in [6.07, 6.45) is 2.26. The average Bonchev–Trinajstić information content (AvgIpc) is 2.69. The number of piperidine rings is 1. The molecule has 2 aliphatic heterocycles. The van der Waals surface area contributed by atoms with Crippen molar-refractivity contribution in [3.8, 4) is 11.8 Å². The Morgan fingerprint density at radius 1 is 1.31 bits per heavy atom. The van der Waals surface area contributed by atoms with E-state index in [2.05, 4.69) is 17.5 Å². The maximum Gasteiger partial charge on any atom is 0.124 e. The summed E-state index contributed by atoms with van der Waals surface area (Å²) < 4.78 is 5.76. The van der Waals surface area contributed by atoms with Gasteiger partial charge in [-0.3, -0.25) is 0 Å². The quantitative estimate of drug-likeness (QED) is 0.713. The summed E-state index contributed by atoms with van der Waals surface area (Å²) in [5.74, 6) is 0.918. The zero-order valence-electron chi connectivity index (χ0n) is 9.12. The fourth-order valence-electron chi connectivity index (χ4n) is 2.76. The molecule has 1 spiro atoms. The fourth-order valence-corrected chi connectivity index (χ4v) is 2.76. The molecule has 0 aliphatic carbocycles. The second kappa shape index (κ2) is 3.50. The van der Waals surface area contributed by atoms with Crippen LogP contribution >= 0.6 is 0 Å². The van der Waals surface area contributed by atoms with E-state index in [1.807, 2.05) is 12.1 Å². The molecule has 0 saturated carbocycles. The summed E-state index contributed by atoms with van der Waals surface area (Å²) >= 11 is 0. The highest BCUT2D eigenvalue weighted by molar-refractivity contribution is 5.49. The largest absolute Gasteiger partial charge is 0.492 e. The van der Waals surface area contributed by atoms with Gasteiger partial charge in [0.25, 0.3) is 0 Å². The lowest BCUT2D eigenvalue weighted by Gasteiger charge is -2.32. The summed E-state index contributed by atoms with van der Waals surface area (Å²) in [4.78, 5) is 0. The molecule has 2 heterocycles. The van der Waals surface area contributed by atoms with E-state index in [1.165, 1.54) is 5.56 Å². The van der Waals surface area contributed by atoms with Gasteiger partial charge in [0.1, 0.15) is 5.75 Å². The van der Waals surface area contributed by atoms with Gasteiger partial charge < -0.3 is 10.1 Å². The lowest BCUT2D eigenvalue weighted by molar-refractivity contribution is 0.220. The minimum Gasteiger partial charge on any atom is -0.492 e. The molecule has 1 fully saturated rings. The molecule has 16 heavy (non-hydrogen) atoms. The molecule has 0 aromatic heterocycles. The first-order valence-electron chi connectivity index (χ1n) is 5.72. The molecule has 1 aromatic carbocycles. The van der Waals surface area contributed by atoms with Crippen LogP contribution in [-0.4, -0.2) is 19.7 Å². The van der Waals surface area contributed by atoms with Crippen molar-refractivity contribution < 1.29 is 4.74 Å². The Labute approximate surface area is 95.0 Å². The minimum atomic E-state index is 0.203. The number of hydrogen-bond donors (Lipinski definition) is 1. The normalized spacial score (nSPS) is 21.2. The zero-order chi connectivity index (χ0) is 11.0. The Hall–Kier alpha value is -1.53. The lowest BCUT2D eigenvalue weighted by Crippen LogP contribution is -2.40. The SMILES string of the molecule is N#Cc1ccc2c(c1)OCC21CCNCC1. The fraction of sp³-hybridized carbons (Fsp3) is 0.462. The summed E-state index contributed by atoms with van der Waals surface area (Å²) in [6.45, 7) is 2.89. The van der Waals surface area contributed by atoms with Crippen LogP contribution in [0.15, 0.2) is 18.2 Å². The highest BCUT2D eigenvalue weighted by atomic mass is 16.5. The lowest BCUT2D eigenvalue weighted by atomic mass is 9.75. The van der Waals surface area contributed by atoms with Gasteiger partial charge in [-0.25, -0.2) is 0 Å². The van der Waals surface area contributed by atoms with Crippen LogP contribution in [0.3, 0.4) is 0 Å². The van der Waals surface area contributed by atoms with E-state index in [-0.39, 0.29) is 5.41 Å². The van der Waals surface area contributed by atoms with Crippen LogP contribution in [0, 0.1) is 11.3 Å². The van der Waals surface area contributed by atoms with E-state index in [0.29, 0.717) is 5.56 Å². The third-order valence-electron chi connectivity index (χ3n) is 3.75. The van der Waals surface area contributed by atoms with E-state index in [1.54, 1.807) is 0 Å². The van der Waals surface area contributed by atoms with E-state index in [9.17, 15) is 0 Å². The van der Waals surface area contributed by atoms with E-state index < -0.39 is 0 Å². The first-order valence-corrected chi connectivity index (χ1v) is 5.72. The van der Waals surface area contributed by atoms with Crippen LogP contribution in [0.1, 0.15) is 24.0 Å². The van der Waals surface area contributed by atoms with Crippen molar-refractivity contribution in [1.82, 2.24) is 5.32 Å². The van der Waals surface area contributed by atoms with Crippen molar-refractivity contribution in [2.45, 2.75) is 18.3 Å². The monoisotopic (exact) mass is 214 g/mol. The van der Waals surface area contributed by atoms with Crippen molar-refractivity contribution in [3.05, 3.63) is 29.3 Å². The third-order valence-corrected chi connectivity index (χ3v) is 3.75. The number of nitriles is 1. The Morgan fingerprint density at radius 3 is 2.88 bits per heavy atom. The molecule has 0 unspecified atom stereocenters. The highest BCUT2D eigenvalue weighted by Crippen LogP contribution is 2.44. The Morgan fingerprint density at radius 2 is 2.12 bits per heavy atom. The van der Waals surface area contributed by atoms with E-state index >= 15 is 0 Å². The standard InChI is InChI=1S/C13H14N2O/c14-8-10-1-2-11-12(7-10)16-9-13(11)3-5-15-6-4-13/h1-2,7,15H,3-6,9H2. The van der Waals surface area contributed by atoms with Gasteiger partial charge in [0, 0.05) is 11.0 Å². The highest BCUT2D eigenvalue weighted by Gasteiger charge is 2.41. The number of hydrogen-bond acceptors (Lipinski definition) is 3. The van der Waals surface area contributed by atoms with Crippen LogP contribution < -0.4 is 10.1 Å². The third kappa shape index (κ3) is 1.30. The Bertz CT molecular complexity index is 455. The molecule has 3 rings (SSSR count). The van der Waals surface area contributed by atoms with E-state index in [0.717, 1.165) is 38.3 Å². The molecule has 1 N–H and O–H groups in total. The number of rotatable bonds is 0. The van der Waals surface area contributed by atoms with E-state index in [4.69, 9.17) is 10.00 Å². The van der Waals surface area contributed by atoms with Gasteiger partial charge in [-0.1, -0.05) is 6.07 Å². The molecular weight excluding hydrogens is 200 g/mol. The number of benzene rings is 1. The van der Waals surface area contributed by atoms with Crippen molar-refractivity contribution in [2.24, 2.45) is 0 Å². The zero-order valence-corrected chi connectivity index (χ0v) is 9.12. The molecule has 82 valence electrons. The number of ether oxygens (including phenoxy) is 1. The summed E-state index contributed by atoms with van der Waals surface area (Å²) in [5.41, 5.74) is 2.19. The predicted molar refractivity (Wildman–Crippen MR) is 60.4 cm³/mol. The Kier molecular flexibility index (Phi) is 2.12. The van der Waals surface area contributed by atoms with Gasteiger partial charge in [0.2, 0.25) is 0 Å². The minimum absolute atomic E-state index is 0.203.